The zero-order valence-corrected chi connectivity index (χ0v) is 11.5. The number of benzene rings is 1. The van der Waals surface area contributed by atoms with Gasteiger partial charge in [-0.1, -0.05) is 41.9 Å². The molecule has 3 heteroatoms. The van der Waals surface area contributed by atoms with Gasteiger partial charge in [0.15, 0.2) is 0 Å². The third kappa shape index (κ3) is 2.84. The second kappa shape index (κ2) is 5.80. The number of halogens is 1. The van der Waals surface area contributed by atoms with Gasteiger partial charge in [-0.3, -0.25) is 0 Å². The molecule has 0 saturated heterocycles. The molecule has 0 aliphatic carbocycles. The summed E-state index contributed by atoms with van der Waals surface area (Å²) in [7, 11) is 0. The maximum absolute atomic E-state index is 9.20. The Balaban J connectivity index is 3.05. The van der Waals surface area contributed by atoms with E-state index in [2.05, 4.69) is 41.9 Å². The fraction of sp³-hybridized carbons (Fsp3) is 0.538. The summed E-state index contributed by atoms with van der Waals surface area (Å²) in [5.41, 5.74) is 7.23. The van der Waals surface area contributed by atoms with Crippen LogP contribution in [-0.2, 0) is 5.41 Å². The largest absolute Gasteiger partial charge is 0.396 e. The Morgan fingerprint density at radius 2 is 1.94 bits per heavy atom. The molecule has 3 N–H and O–H groups in total. The lowest BCUT2D eigenvalue weighted by atomic mass is 9.73. The number of nitrogens with two attached hydrogens (primary N) is 1. The molecule has 1 rings (SSSR count). The highest BCUT2D eigenvalue weighted by molar-refractivity contribution is 9.10. The number of hydrogen-bond acceptors (Lipinski definition) is 2. The van der Waals surface area contributed by atoms with Crippen molar-refractivity contribution in [2.75, 3.05) is 6.61 Å². The molecule has 0 aliphatic rings. The monoisotopic (exact) mass is 285 g/mol. The Morgan fingerprint density at radius 1 is 1.38 bits per heavy atom. The van der Waals surface area contributed by atoms with Crippen molar-refractivity contribution >= 4 is 15.9 Å². The minimum atomic E-state index is -0.149. The maximum atomic E-state index is 9.20. The van der Waals surface area contributed by atoms with Gasteiger partial charge < -0.3 is 10.8 Å². The van der Waals surface area contributed by atoms with Crippen molar-refractivity contribution in [2.45, 2.75) is 38.1 Å². The molecule has 0 aliphatic heterocycles. The first-order valence-corrected chi connectivity index (χ1v) is 6.46. The first kappa shape index (κ1) is 13.7. The van der Waals surface area contributed by atoms with Gasteiger partial charge in [-0.05, 0) is 30.5 Å². The predicted molar refractivity (Wildman–Crippen MR) is 71.5 cm³/mol. The molecule has 0 radical (unpaired) electrons. The van der Waals surface area contributed by atoms with Crippen LogP contribution < -0.4 is 5.73 Å². The van der Waals surface area contributed by atoms with Crippen molar-refractivity contribution in [3.8, 4) is 0 Å². The van der Waals surface area contributed by atoms with Gasteiger partial charge in [0.1, 0.15) is 0 Å². The van der Waals surface area contributed by atoms with E-state index >= 15 is 0 Å². The first-order valence-electron chi connectivity index (χ1n) is 5.67. The smallest absolute Gasteiger partial charge is 0.0440 e. The van der Waals surface area contributed by atoms with Gasteiger partial charge in [0.25, 0.3) is 0 Å². The summed E-state index contributed by atoms with van der Waals surface area (Å²) in [5.74, 6) is 0. The Hall–Kier alpha value is -0.380. The molecule has 0 bridgehead atoms. The SMILES string of the molecule is CCC(N)C(C)(CCO)c1ccc(Br)cc1. The van der Waals surface area contributed by atoms with Crippen molar-refractivity contribution in [2.24, 2.45) is 5.73 Å². The molecule has 2 nitrogen and oxygen atoms in total. The van der Waals surface area contributed by atoms with E-state index in [0.29, 0.717) is 6.42 Å². The van der Waals surface area contributed by atoms with Crippen LogP contribution in [0.5, 0.6) is 0 Å². The molecule has 0 amide bonds. The molecule has 0 aromatic heterocycles. The van der Waals surface area contributed by atoms with E-state index in [9.17, 15) is 5.11 Å². The van der Waals surface area contributed by atoms with E-state index in [4.69, 9.17) is 5.73 Å². The van der Waals surface area contributed by atoms with Crippen LogP contribution in [0.4, 0.5) is 0 Å². The highest BCUT2D eigenvalue weighted by Crippen LogP contribution is 2.32. The zero-order chi connectivity index (χ0) is 12.2. The third-order valence-corrected chi connectivity index (χ3v) is 3.92. The quantitative estimate of drug-likeness (QED) is 0.874. The average molecular weight is 286 g/mol. The van der Waals surface area contributed by atoms with Crippen LogP contribution in [-0.4, -0.2) is 17.8 Å². The summed E-state index contributed by atoms with van der Waals surface area (Å²) in [5, 5.41) is 9.20. The molecular weight excluding hydrogens is 266 g/mol. The second-order valence-corrected chi connectivity index (χ2v) is 5.33. The highest BCUT2D eigenvalue weighted by atomic mass is 79.9. The zero-order valence-electron chi connectivity index (χ0n) is 9.91. The van der Waals surface area contributed by atoms with Crippen LogP contribution in [0.1, 0.15) is 32.3 Å². The molecular formula is C13H20BrNO. The lowest BCUT2D eigenvalue weighted by Crippen LogP contribution is -2.43. The van der Waals surface area contributed by atoms with Gasteiger partial charge in [0.2, 0.25) is 0 Å². The fourth-order valence-electron chi connectivity index (χ4n) is 2.06. The predicted octanol–water partition coefficient (Wildman–Crippen LogP) is 2.83. The molecule has 0 saturated carbocycles. The molecule has 16 heavy (non-hydrogen) atoms. The molecule has 0 spiro atoms. The summed E-state index contributed by atoms with van der Waals surface area (Å²) in [6.45, 7) is 4.38. The standard InChI is InChI=1S/C13H20BrNO/c1-3-12(15)13(2,8-9-16)10-4-6-11(14)7-5-10/h4-7,12,16H,3,8-9,15H2,1-2H3. The van der Waals surface area contributed by atoms with Crippen LogP contribution in [0.15, 0.2) is 28.7 Å². The number of aliphatic hydroxyl groups is 1. The lowest BCUT2D eigenvalue weighted by Gasteiger charge is -2.35. The minimum absolute atomic E-state index is 0.0702. The Morgan fingerprint density at radius 3 is 2.38 bits per heavy atom. The van der Waals surface area contributed by atoms with Crippen LogP contribution in [0.2, 0.25) is 0 Å². The van der Waals surface area contributed by atoms with Crippen LogP contribution >= 0.6 is 15.9 Å². The Kier molecular flexibility index (Phi) is 4.96. The van der Waals surface area contributed by atoms with Crippen molar-refractivity contribution < 1.29 is 5.11 Å². The summed E-state index contributed by atoms with van der Waals surface area (Å²) >= 11 is 3.42. The molecule has 2 unspecified atom stereocenters. The lowest BCUT2D eigenvalue weighted by molar-refractivity contribution is 0.223. The normalized spacial score (nSPS) is 16.8. The van der Waals surface area contributed by atoms with E-state index in [1.165, 1.54) is 5.56 Å². The molecule has 2 atom stereocenters. The molecule has 0 fully saturated rings. The van der Waals surface area contributed by atoms with Crippen molar-refractivity contribution in [1.29, 1.82) is 0 Å². The fourth-order valence-corrected chi connectivity index (χ4v) is 2.32. The van der Waals surface area contributed by atoms with E-state index < -0.39 is 0 Å². The maximum Gasteiger partial charge on any atom is 0.0440 e. The van der Waals surface area contributed by atoms with Gasteiger partial charge in [-0.25, -0.2) is 0 Å². The Labute approximate surface area is 106 Å². The summed E-state index contributed by atoms with van der Waals surface area (Å²) in [6.07, 6.45) is 1.61. The topological polar surface area (TPSA) is 46.2 Å². The number of hydrogen-bond donors (Lipinski definition) is 2. The minimum Gasteiger partial charge on any atom is -0.396 e. The summed E-state index contributed by atoms with van der Waals surface area (Å²) in [4.78, 5) is 0. The number of rotatable bonds is 5. The van der Waals surface area contributed by atoms with Gasteiger partial charge in [0.05, 0.1) is 0 Å². The highest BCUT2D eigenvalue weighted by Gasteiger charge is 2.31. The van der Waals surface area contributed by atoms with Crippen LogP contribution in [0.25, 0.3) is 0 Å². The summed E-state index contributed by atoms with van der Waals surface area (Å²) in [6, 6.07) is 8.27. The van der Waals surface area contributed by atoms with Gasteiger partial charge in [-0.2, -0.15) is 0 Å². The van der Waals surface area contributed by atoms with E-state index in [1.54, 1.807) is 0 Å². The molecule has 1 aromatic rings. The average Bonchev–Trinajstić information content (AvgIpc) is 2.29. The number of aliphatic hydroxyl groups excluding tert-OH is 1. The van der Waals surface area contributed by atoms with Gasteiger partial charge in [-0.15, -0.1) is 0 Å². The van der Waals surface area contributed by atoms with Gasteiger partial charge in [0, 0.05) is 22.5 Å². The molecule has 1 aromatic carbocycles. The van der Waals surface area contributed by atoms with E-state index in [0.717, 1.165) is 10.9 Å². The van der Waals surface area contributed by atoms with Crippen LogP contribution in [0.3, 0.4) is 0 Å². The Bertz CT molecular complexity index is 325. The first-order chi connectivity index (χ1) is 7.54. The molecule has 90 valence electrons. The van der Waals surface area contributed by atoms with Crippen molar-refractivity contribution in [1.82, 2.24) is 0 Å². The van der Waals surface area contributed by atoms with E-state index in [1.807, 2.05) is 12.1 Å². The molecule has 0 heterocycles. The van der Waals surface area contributed by atoms with Crippen molar-refractivity contribution in [3.63, 3.8) is 0 Å². The second-order valence-electron chi connectivity index (χ2n) is 4.41. The van der Waals surface area contributed by atoms with E-state index in [-0.39, 0.29) is 18.1 Å². The third-order valence-electron chi connectivity index (χ3n) is 3.39. The van der Waals surface area contributed by atoms with Gasteiger partial charge >= 0.3 is 0 Å². The van der Waals surface area contributed by atoms with Crippen molar-refractivity contribution in [3.05, 3.63) is 34.3 Å². The summed E-state index contributed by atoms with van der Waals surface area (Å²) < 4.78 is 1.06. The van der Waals surface area contributed by atoms with Crippen LogP contribution in [0, 0.1) is 0 Å².